The van der Waals surface area contributed by atoms with Crippen LogP contribution in [0.3, 0.4) is 0 Å². The number of hydrogen-bond donors (Lipinski definition) is 3. The Hall–Kier alpha value is -3.07. The van der Waals surface area contributed by atoms with Crippen molar-refractivity contribution < 1.29 is 24.5 Å². The lowest BCUT2D eigenvalue weighted by atomic mass is 9.90. The average Bonchev–Trinajstić information content (AvgIpc) is 3.21. The predicted molar refractivity (Wildman–Crippen MR) is 133 cm³/mol. The van der Waals surface area contributed by atoms with Crippen LogP contribution >= 0.6 is 23.2 Å². The molecule has 0 saturated heterocycles. The van der Waals surface area contributed by atoms with Crippen LogP contribution in [0.15, 0.2) is 54.6 Å². The first-order valence-electron chi connectivity index (χ1n) is 10.9. The number of nitrogens with one attached hydrogen (secondary N) is 1. The molecule has 1 amide bonds. The summed E-state index contributed by atoms with van der Waals surface area (Å²) in [6.45, 7) is 5.59. The molecule has 0 bridgehead atoms. The summed E-state index contributed by atoms with van der Waals surface area (Å²) in [4.78, 5) is 24.6. The van der Waals surface area contributed by atoms with Crippen LogP contribution in [-0.2, 0) is 4.79 Å². The zero-order valence-corrected chi connectivity index (χ0v) is 21.0. The molecule has 3 aromatic rings. The molecule has 0 aliphatic heterocycles. The van der Waals surface area contributed by atoms with E-state index in [4.69, 9.17) is 27.9 Å². The van der Waals surface area contributed by atoms with Crippen LogP contribution < -0.4 is 10.1 Å². The number of nitrogens with zero attached hydrogens (tertiary/aromatic N) is 2. The van der Waals surface area contributed by atoms with Gasteiger partial charge in [-0.2, -0.15) is 9.78 Å². The molecular weight excluding hydrogens is 493 g/mol. The number of carbonyl (C=O) groups is 2. The maximum Gasteiger partial charge on any atom is 0.305 e. The number of halogens is 2. The van der Waals surface area contributed by atoms with Crippen LogP contribution in [-0.4, -0.2) is 44.6 Å². The van der Waals surface area contributed by atoms with E-state index in [1.807, 2.05) is 20.8 Å². The minimum absolute atomic E-state index is 0.0207. The van der Waals surface area contributed by atoms with Gasteiger partial charge in [0.15, 0.2) is 5.69 Å². The predicted octanol–water partition coefficient (Wildman–Crippen LogP) is 4.91. The van der Waals surface area contributed by atoms with Crippen molar-refractivity contribution in [2.75, 3.05) is 6.61 Å². The average molecular weight is 520 g/mol. The molecule has 2 atom stereocenters. The second-order valence-electron chi connectivity index (χ2n) is 9.07. The van der Waals surface area contributed by atoms with E-state index < -0.39 is 29.4 Å². The molecule has 0 saturated carbocycles. The fourth-order valence-corrected chi connectivity index (χ4v) is 3.67. The summed E-state index contributed by atoms with van der Waals surface area (Å²) in [7, 11) is 0. The molecule has 1 aromatic heterocycles. The van der Waals surface area contributed by atoms with Gasteiger partial charge in [0.2, 0.25) is 5.88 Å². The molecule has 10 heteroatoms. The van der Waals surface area contributed by atoms with Crippen molar-refractivity contribution in [3.8, 4) is 11.6 Å². The number of aliphatic hydroxyl groups is 1. The van der Waals surface area contributed by atoms with Crippen molar-refractivity contribution >= 4 is 35.1 Å². The summed E-state index contributed by atoms with van der Waals surface area (Å²) in [5.41, 5.74) is 0.503. The summed E-state index contributed by atoms with van der Waals surface area (Å²) in [6, 6.07) is 14.1. The number of aliphatic carboxylic acids is 1. The molecular formula is C25H27Cl2N3O5. The van der Waals surface area contributed by atoms with E-state index in [1.54, 1.807) is 48.5 Å². The fourth-order valence-electron chi connectivity index (χ4n) is 3.19. The standard InChI is InChI=1S/C25H27Cl2N3O5/c1-25(2,3)21(31)14-35-22-12-19(29-30(22)20-11-7-6-10-17(20)27)24(34)28-18(13-23(32)33)15-8-4-5-9-16(15)26/h4-12,18,21,31H,13-14H2,1-3H3,(H,28,34)(H,32,33). The van der Waals surface area contributed by atoms with Gasteiger partial charge in [0, 0.05) is 11.1 Å². The van der Waals surface area contributed by atoms with Gasteiger partial charge >= 0.3 is 5.97 Å². The van der Waals surface area contributed by atoms with Crippen molar-refractivity contribution in [2.45, 2.75) is 39.3 Å². The number of carboxylic acids is 1. The van der Waals surface area contributed by atoms with Crippen LogP contribution in [0.2, 0.25) is 10.0 Å². The number of benzene rings is 2. The van der Waals surface area contributed by atoms with Crippen molar-refractivity contribution in [1.82, 2.24) is 15.1 Å². The highest BCUT2D eigenvalue weighted by molar-refractivity contribution is 6.32. The third-order valence-electron chi connectivity index (χ3n) is 5.34. The second kappa shape index (κ2) is 11.1. The highest BCUT2D eigenvalue weighted by Crippen LogP contribution is 2.29. The topological polar surface area (TPSA) is 114 Å². The quantitative estimate of drug-likeness (QED) is 0.370. The zero-order chi connectivity index (χ0) is 25.8. The van der Waals surface area contributed by atoms with Gasteiger partial charge in [-0.05, 0) is 29.2 Å². The van der Waals surface area contributed by atoms with E-state index in [0.717, 1.165) is 0 Å². The lowest BCUT2D eigenvalue weighted by Crippen LogP contribution is -2.32. The van der Waals surface area contributed by atoms with E-state index in [1.165, 1.54) is 10.7 Å². The molecule has 0 spiro atoms. The highest BCUT2D eigenvalue weighted by atomic mass is 35.5. The number of aliphatic hydroxyl groups excluding tert-OH is 1. The summed E-state index contributed by atoms with van der Waals surface area (Å²) in [6.07, 6.45) is -1.16. The number of aromatic nitrogens is 2. The van der Waals surface area contributed by atoms with Crippen LogP contribution in [0, 0.1) is 5.41 Å². The van der Waals surface area contributed by atoms with Gasteiger partial charge in [-0.1, -0.05) is 74.3 Å². The molecule has 2 unspecified atom stereocenters. The molecule has 0 radical (unpaired) electrons. The molecule has 186 valence electrons. The van der Waals surface area contributed by atoms with Crippen LogP contribution in [0.5, 0.6) is 5.88 Å². The Morgan fingerprint density at radius 2 is 1.71 bits per heavy atom. The van der Waals surface area contributed by atoms with Crippen molar-refractivity contribution in [1.29, 1.82) is 0 Å². The number of ether oxygens (including phenoxy) is 1. The van der Waals surface area contributed by atoms with Gasteiger partial charge in [-0.3, -0.25) is 9.59 Å². The first kappa shape index (κ1) is 26.5. The van der Waals surface area contributed by atoms with Crippen molar-refractivity contribution in [2.24, 2.45) is 5.41 Å². The number of rotatable bonds is 9. The SMILES string of the molecule is CC(C)(C)C(O)COc1cc(C(=O)NC(CC(=O)O)c2ccccc2Cl)nn1-c1ccccc1Cl. The summed E-state index contributed by atoms with van der Waals surface area (Å²) in [5.74, 6) is -1.53. The minimum Gasteiger partial charge on any atom is -0.481 e. The molecule has 0 aliphatic rings. The van der Waals surface area contributed by atoms with Crippen LogP contribution in [0.25, 0.3) is 5.69 Å². The highest BCUT2D eigenvalue weighted by Gasteiger charge is 2.26. The van der Waals surface area contributed by atoms with E-state index >= 15 is 0 Å². The van der Waals surface area contributed by atoms with Crippen molar-refractivity contribution in [3.63, 3.8) is 0 Å². The maximum atomic E-state index is 13.1. The monoisotopic (exact) mass is 519 g/mol. The first-order valence-corrected chi connectivity index (χ1v) is 11.7. The Balaban J connectivity index is 1.94. The Kier molecular flexibility index (Phi) is 8.43. The molecule has 1 heterocycles. The van der Waals surface area contributed by atoms with E-state index in [0.29, 0.717) is 21.3 Å². The van der Waals surface area contributed by atoms with Gasteiger partial charge < -0.3 is 20.3 Å². The molecule has 3 N–H and O–H groups in total. The zero-order valence-electron chi connectivity index (χ0n) is 19.5. The number of hydrogen-bond acceptors (Lipinski definition) is 5. The normalized spacial score (nSPS) is 13.2. The number of amides is 1. The Morgan fingerprint density at radius 3 is 2.31 bits per heavy atom. The maximum absolute atomic E-state index is 13.1. The molecule has 0 fully saturated rings. The van der Waals surface area contributed by atoms with Gasteiger partial charge in [0.1, 0.15) is 6.61 Å². The smallest absolute Gasteiger partial charge is 0.305 e. The Bertz CT molecular complexity index is 1210. The largest absolute Gasteiger partial charge is 0.481 e. The lowest BCUT2D eigenvalue weighted by molar-refractivity contribution is -0.137. The molecule has 35 heavy (non-hydrogen) atoms. The number of carbonyl (C=O) groups excluding carboxylic acids is 1. The Morgan fingerprint density at radius 1 is 1.09 bits per heavy atom. The van der Waals surface area contributed by atoms with Crippen molar-refractivity contribution in [3.05, 3.63) is 75.9 Å². The van der Waals surface area contributed by atoms with Gasteiger partial charge in [-0.15, -0.1) is 0 Å². The van der Waals surface area contributed by atoms with E-state index in [-0.39, 0.29) is 24.6 Å². The minimum atomic E-state index is -1.10. The number of para-hydroxylation sites is 1. The van der Waals surface area contributed by atoms with Gasteiger partial charge in [0.25, 0.3) is 5.91 Å². The first-order chi connectivity index (χ1) is 16.5. The third-order valence-corrected chi connectivity index (χ3v) is 6.01. The van der Waals surface area contributed by atoms with Gasteiger partial charge in [-0.25, -0.2) is 0 Å². The van der Waals surface area contributed by atoms with E-state index in [2.05, 4.69) is 10.4 Å². The lowest BCUT2D eigenvalue weighted by Gasteiger charge is -2.25. The third kappa shape index (κ3) is 6.75. The molecule has 0 aliphatic carbocycles. The van der Waals surface area contributed by atoms with Crippen LogP contribution in [0.1, 0.15) is 49.3 Å². The molecule has 8 nitrogen and oxygen atoms in total. The second-order valence-corrected chi connectivity index (χ2v) is 9.88. The van der Waals surface area contributed by atoms with Crippen LogP contribution in [0.4, 0.5) is 0 Å². The van der Waals surface area contributed by atoms with Gasteiger partial charge in [0.05, 0.1) is 29.3 Å². The summed E-state index contributed by atoms with van der Waals surface area (Å²) >= 11 is 12.6. The molecule has 3 rings (SSSR count). The summed E-state index contributed by atoms with van der Waals surface area (Å²) < 4.78 is 7.20. The molecule has 2 aromatic carbocycles. The summed E-state index contributed by atoms with van der Waals surface area (Å²) in [5, 5.41) is 27.5. The fraction of sp³-hybridized carbons (Fsp3) is 0.320. The Labute approximate surface area is 213 Å². The van der Waals surface area contributed by atoms with E-state index in [9.17, 15) is 19.8 Å². The number of carboxylic acid groups (broad SMARTS) is 1.